The summed E-state index contributed by atoms with van der Waals surface area (Å²) in [5.74, 6) is -0.338. The van der Waals surface area contributed by atoms with Gasteiger partial charge in [0.05, 0.1) is 15.9 Å². The van der Waals surface area contributed by atoms with Crippen molar-refractivity contribution in [1.29, 1.82) is 0 Å². The monoisotopic (exact) mass is 332 g/mol. The number of halogens is 4. The number of aryl methyl sites for hydroxylation is 2. The van der Waals surface area contributed by atoms with E-state index in [0.717, 1.165) is 10.0 Å². The summed E-state index contributed by atoms with van der Waals surface area (Å²) >= 11 is 3.40. The Balaban J connectivity index is 2.40. The first-order chi connectivity index (χ1) is 8.99. The molecule has 0 saturated heterocycles. The van der Waals surface area contributed by atoms with Gasteiger partial charge < -0.3 is 0 Å². The molecule has 0 unspecified atom stereocenters. The van der Waals surface area contributed by atoms with Crippen LogP contribution < -0.4 is 0 Å². The van der Waals surface area contributed by atoms with Gasteiger partial charge in [0.15, 0.2) is 0 Å². The van der Waals surface area contributed by atoms with Crippen LogP contribution in [0.2, 0.25) is 0 Å². The van der Waals surface area contributed by atoms with Crippen molar-refractivity contribution in [3.63, 3.8) is 0 Å². The van der Waals surface area contributed by atoms with Gasteiger partial charge in [0, 0.05) is 18.5 Å². The molecule has 2 aromatic rings. The SMILES string of the molecule is Cc1nn(CCC(F)F)c(-c2ccc(F)cc2)c1Br. The van der Waals surface area contributed by atoms with E-state index < -0.39 is 6.43 Å². The summed E-state index contributed by atoms with van der Waals surface area (Å²) in [6.45, 7) is 1.91. The summed E-state index contributed by atoms with van der Waals surface area (Å²) in [5.41, 5.74) is 2.15. The maximum atomic E-state index is 12.9. The molecule has 0 bridgehead atoms. The molecule has 1 heterocycles. The summed E-state index contributed by atoms with van der Waals surface area (Å²) in [6, 6.07) is 5.88. The molecule has 0 spiro atoms. The molecule has 19 heavy (non-hydrogen) atoms. The zero-order chi connectivity index (χ0) is 14.0. The Morgan fingerprint density at radius 1 is 1.26 bits per heavy atom. The van der Waals surface area contributed by atoms with Gasteiger partial charge in [0.25, 0.3) is 0 Å². The van der Waals surface area contributed by atoms with Crippen molar-refractivity contribution < 1.29 is 13.2 Å². The second kappa shape index (κ2) is 5.77. The van der Waals surface area contributed by atoms with Gasteiger partial charge in [-0.15, -0.1) is 0 Å². The third-order valence-electron chi connectivity index (χ3n) is 2.73. The van der Waals surface area contributed by atoms with Crippen LogP contribution in [0.25, 0.3) is 11.3 Å². The van der Waals surface area contributed by atoms with Crippen molar-refractivity contribution in [2.24, 2.45) is 0 Å². The lowest BCUT2D eigenvalue weighted by atomic mass is 10.1. The molecule has 0 atom stereocenters. The lowest BCUT2D eigenvalue weighted by molar-refractivity contribution is 0.130. The number of benzene rings is 1. The zero-order valence-corrected chi connectivity index (χ0v) is 11.8. The Hall–Kier alpha value is -1.30. The van der Waals surface area contributed by atoms with Crippen LogP contribution in [0.15, 0.2) is 28.7 Å². The van der Waals surface area contributed by atoms with Crippen molar-refractivity contribution in [3.05, 3.63) is 40.2 Å². The van der Waals surface area contributed by atoms with E-state index in [-0.39, 0.29) is 18.8 Å². The van der Waals surface area contributed by atoms with Gasteiger partial charge in [-0.05, 0) is 47.1 Å². The second-order valence-corrected chi connectivity index (χ2v) is 4.95. The Bertz CT molecular complexity index is 564. The molecule has 0 N–H and O–H groups in total. The molecule has 0 fully saturated rings. The van der Waals surface area contributed by atoms with Gasteiger partial charge in [-0.25, -0.2) is 13.2 Å². The van der Waals surface area contributed by atoms with Gasteiger partial charge in [0.1, 0.15) is 5.82 Å². The summed E-state index contributed by atoms with van der Waals surface area (Å²) in [6.07, 6.45) is -2.63. The van der Waals surface area contributed by atoms with Crippen LogP contribution in [0.4, 0.5) is 13.2 Å². The molecular formula is C13H12BrF3N2. The predicted octanol–water partition coefficient (Wildman–Crippen LogP) is 4.42. The predicted molar refractivity (Wildman–Crippen MR) is 70.7 cm³/mol. The number of rotatable bonds is 4. The molecular weight excluding hydrogens is 321 g/mol. The van der Waals surface area contributed by atoms with E-state index in [0.29, 0.717) is 11.4 Å². The standard InChI is InChI=1S/C13H12BrF3N2/c1-8-12(14)13(9-2-4-10(15)5-3-9)19(18-8)7-6-11(16)17/h2-5,11H,6-7H2,1H3. The molecule has 2 nitrogen and oxygen atoms in total. The van der Waals surface area contributed by atoms with Crippen molar-refractivity contribution in [3.8, 4) is 11.3 Å². The first kappa shape index (κ1) is 14.1. The lowest BCUT2D eigenvalue weighted by Gasteiger charge is -2.08. The fourth-order valence-electron chi connectivity index (χ4n) is 1.82. The molecule has 102 valence electrons. The van der Waals surface area contributed by atoms with Crippen molar-refractivity contribution in [1.82, 2.24) is 9.78 Å². The Morgan fingerprint density at radius 3 is 2.47 bits per heavy atom. The van der Waals surface area contributed by atoms with E-state index in [2.05, 4.69) is 21.0 Å². The van der Waals surface area contributed by atoms with E-state index in [4.69, 9.17) is 0 Å². The second-order valence-electron chi connectivity index (χ2n) is 4.16. The van der Waals surface area contributed by atoms with Gasteiger partial charge >= 0.3 is 0 Å². The van der Waals surface area contributed by atoms with Crippen LogP contribution >= 0.6 is 15.9 Å². The van der Waals surface area contributed by atoms with Crippen LogP contribution in [-0.2, 0) is 6.54 Å². The minimum atomic E-state index is -2.37. The summed E-state index contributed by atoms with van der Waals surface area (Å²) in [4.78, 5) is 0. The maximum Gasteiger partial charge on any atom is 0.240 e. The quantitative estimate of drug-likeness (QED) is 0.810. The molecule has 0 radical (unpaired) electrons. The molecule has 2 rings (SSSR count). The highest BCUT2D eigenvalue weighted by molar-refractivity contribution is 9.10. The maximum absolute atomic E-state index is 12.9. The van der Waals surface area contributed by atoms with Crippen LogP contribution in [0, 0.1) is 12.7 Å². The lowest BCUT2D eigenvalue weighted by Crippen LogP contribution is -2.06. The number of nitrogens with zero attached hydrogens (tertiary/aromatic N) is 2. The average molecular weight is 333 g/mol. The van der Waals surface area contributed by atoms with Crippen LogP contribution in [-0.4, -0.2) is 16.2 Å². The molecule has 6 heteroatoms. The van der Waals surface area contributed by atoms with Gasteiger partial charge in [0.2, 0.25) is 6.43 Å². The highest BCUT2D eigenvalue weighted by Gasteiger charge is 2.16. The Morgan fingerprint density at radius 2 is 1.89 bits per heavy atom. The number of hydrogen-bond acceptors (Lipinski definition) is 1. The highest BCUT2D eigenvalue weighted by Crippen LogP contribution is 2.31. The zero-order valence-electron chi connectivity index (χ0n) is 10.2. The van der Waals surface area contributed by atoms with Crippen LogP contribution in [0.5, 0.6) is 0 Å². The van der Waals surface area contributed by atoms with Crippen molar-refractivity contribution in [2.75, 3.05) is 0 Å². The average Bonchev–Trinajstić information content (AvgIpc) is 2.64. The van der Waals surface area contributed by atoms with Gasteiger partial charge in [-0.3, -0.25) is 4.68 Å². The summed E-state index contributed by atoms with van der Waals surface area (Å²) < 4.78 is 39.8. The molecule has 0 aliphatic carbocycles. The third kappa shape index (κ3) is 3.18. The molecule has 1 aromatic heterocycles. The number of aromatic nitrogens is 2. The molecule has 0 aliphatic rings. The van der Waals surface area contributed by atoms with E-state index >= 15 is 0 Å². The largest absolute Gasteiger partial charge is 0.263 e. The molecule has 1 aromatic carbocycles. The van der Waals surface area contributed by atoms with E-state index in [1.54, 1.807) is 19.1 Å². The minimum absolute atomic E-state index is 0.122. The van der Waals surface area contributed by atoms with Crippen molar-refractivity contribution >= 4 is 15.9 Å². The van der Waals surface area contributed by atoms with Gasteiger partial charge in [-0.1, -0.05) is 0 Å². The number of alkyl halides is 2. The molecule has 0 aliphatic heterocycles. The number of hydrogen-bond donors (Lipinski definition) is 0. The summed E-state index contributed by atoms with van der Waals surface area (Å²) in [7, 11) is 0. The van der Waals surface area contributed by atoms with Crippen molar-refractivity contribution in [2.45, 2.75) is 26.3 Å². The smallest absolute Gasteiger partial charge is 0.240 e. The first-order valence-corrected chi connectivity index (χ1v) is 6.55. The Kier molecular flexibility index (Phi) is 4.29. The van der Waals surface area contributed by atoms with E-state index in [1.165, 1.54) is 16.8 Å². The first-order valence-electron chi connectivity index (χ1n) is 5.76. The fourth-order valence-corrected chi connectivity index (χ4v) is 2.34. The summed E-state index contributed by atoms with van der Waals surface area (Å²) in [5, 5.41) is 4.22. The fraction of sp³-hybridized carbons (Fsp3) is 0.308. The normalized spacial score (nSPS) is 11.3. The topological polar surface area (TPSA) is 17.8 Å². The van der Waals surface area contributed by atoms with E-state index in [9.17, 15) is 13.2 Å². The molecule has 0 amide bonds. The molecule has 0 saturated carbocycles. The third-order valence-corrected chi connectivity index (χ3v) is 3.68. The van der Waals surface area contributed by atoms with E-state index in [1.807, 2.05) is 0 Å². The Labute approximate surface area is 117 Å². The minimum Gasteiger partial charge on any atom is -0.263 e. The highest BCUT2D eigenvalue weighted by atomic mass is 79.9. The van der Waals surface area contributed by atoms with Gasteiger partial charge in [-0.2, -0.15) is 5.10 Å². The van der Waals surface area contributed by atoms with Crippen LogP contribution in [0.3, 0.4) is 0 Å². The van der Waals surface area contributed by atoms with Crippen LogP contribution in [0.1, 0.15) is 12.1 Å².